The van der Waals surface area contributed by atoms with Crippen molar-refractivity contribution in [3.05, 3.63) is 0 Å². The number of methoxy groups -OCH3 is 1. The second-order valence-corrected chi connectivity index (χ2v) is 3.99. The molecule has 0 bridgehead atoms. The van der Waals surface area contributed by atoms with Crippen LogP contribution in [0, 0.1) is 0 Å². The molecule has 0 aromatic heterocycles. The minimum atomic E-state index is 0.0667. The lowest BCUT2D eigenvalue weighted by Crippen LogP contribution is -2.58. The molecule has 0 amide bonds. The SMILES string of the molecule is CCCCOC1CC(N)C1OCCOC. The fourth-order valence-corrected chi connectivity index (χ4v) is 1.66. The van der Waals surface area contributed by atoms with Gasteiger partial charge in [-0.2, -0.15) is 0 Å². The van der Waals surface area contributed by atoms with Crippen LogP contribution in [-0.4, -0.2) is 45.2 Å². The maximum atomic E-state index is 5.85. The lowest BCUT2D eigenvalue weighted by molar-refractivity contribution is -0.144. The third-order valence-electron chi connectivity index (χ3n) is 2.72. The van der Waals surface area contributed by atoms with E-state index in [4.69, 9.17) is 19.9 Å². The van der Waals surface area contributed by atoms with Gasteiger partial charge in [-0.05, 0) is 12.8 Å². The molecule has 1 aliphatic rings. The van der Waals surface area contributed by atoms with Gasteiger partial charge in [0.05, 0.1) is 25.4 Å². The van der Waals surface area contributed by atoms with Crippen LogP contribution < -0.4 is 5.73 Å². The van der Waals surface area contributed by atoms with E-state index in [0.29, 0.717) is 13.2 Å². The highest BCUT2D eigenvalue weighted by molar-refractivity contribution is 4.95. The maximum Gasteiger partial charge on any atom is 0.0989 e. The van der Waals surface area contributed by atoms with Gasteiger partial charge in [0.1, 0.15) is 0 Å². The van der Waals surface area contributed by atoms with Crippen molar-refractivity contribution in [1.29, 1.82) is 0 Å². The van der Waals surface area contributed by atoms with E-state index in [-0.39, 0.29) is 18.2 Å². The summed E-state index contributed by atoms with van der Waals surface area (Å²) in [7, 11) is 1.67. The molecule has 0 spiro atoms. The second-order valence-electron chi connectivity index (χ2n) is 3.99. The van der Waals surface area contributed by atoms with Crippen LogP contribution in [0.25, 0.3) is 0 Å². The lowest BCUT2D eigenvalue weighted by Gasteiger charge is -2.41. The smallest absolute Gasteiger partial charge is 0.0989 e. The zero-order valence-corrected chi connectivity index (χ0v) is 9.78. The van der Waals surface area contributed by atoms with Gasteiger partial charge in [0.2, 0.25) is 0 Å². The van der Waals surface area contributed by atoms with Crippen LogP contribution in [0.15, 0.2) is 0 Å². The molecule has 15 heavy (non-hydrogen) atoms. The number of nitrogens with two attached hydrogens (primary N) is 1. The van der Waals surface area contributed by atoms with E-state index in [2.05, 4.69) is 6.92 Å². The first-order chi connectivity index (χ1) is 7.29. The van der Waals surface area contributed by atoms with Crippen LogP contribution in [-0.2, 0) is 14.2 Å². The van der Waals surface area contributed by atoms with Crippen molar-refractivity contribution in [2.75, 3.05) is 26.9 Å². The molecule has 0 radical (unpaired) electrons. The molecule has 0 aliphatic heterocycles. The Morgan fingerprint density at radius 1 is 1.20 bits per heavy atom. The van der Waals surface area contributed by atoms with Crippen LogP contribution in [0.1, 0.15) is 26.2 Å². The van der Waals surface area contributed by atoms with Crippen LogP contribution >= 0.6 is 0 Å². The third kappa shape index (κ3) is 4.07. The van der Waals surface area contributed by atoms with Crippen molar-refractivity contribution in [2.45, 2.75) is 44.4 Å². The lowest BCUT2D eigenvalue weighted by atomic mass is 9.86. The fourth-order valence-electron chi connectivity index (χ4n) is 1.66. The predicted octanol–water partition coefficient (Wildman–Crippen LogP) is 0.934. The summed E-state index contributed by atoms with van der Waals surface area (Å²) in [5, 5.41) is 0. The van der Waals surface area contributed by atoms with E-state index in [9.17, 15) is 0 Å². The molecular formula is C11H23NO3. The van der Waals surface area contributed by atoms with Crippen molar-refractivity contribution in [3.8, 4) is 0 Å². The van der Waals surface area contributed by atoms with Gasteiger partial charge in [0, 0.05) is 19.8 Å². The van der Waals surface area contributed by atoms with Crippen LogP contribution in [0.2, 0.25) is 0 Å². The minimum Gasteiger partial charge on any atom is -0.382 e. The van der Waals surface area contributed by atoms with E-state index in [1.807, 2.05) is 0 Å². The Balaban J connectivity index is 2.10. The number of ether oxygens (including phenoxy) is 3. The molecule has 3 atom stereocenters. The van der Waals surface area contributed by atoms with Gasteiger partial charge in [-0.3, -0.25) is 0 Å². The fraction of sp³-hybridized carbons (Fsp3) is 1.00. The third-order valence-corrected chi connectivity index (χ3v) is 2.72. The number of hydrogen-bond donors (Lipinski definition) is 1. The molecular weight excluding hydrogens is 194 g/mol. The quantitative estimate of drug-likeness (QED) is 0.615. The molecule has 3 unspecified atom stereocenters. The molecule has 0 saturated heterocycles. The van der Waals surface area contributed by atoms with Crippen molar-refractivity contribution in [1.82, 2.24) is 0 Å². The van der Waals surface area contributed by atoms with Crippen molar-refractivity contribution in [2.24, 2.45) is 5.73 Å². The summed E-state index contributed by atoms with van der Waals surface area (Å²) in [6.45, 7) is 4.19. The normalized spacial score (nSPS) is 30.2. The van der Waals surface area contributed by atoms with Gasteiger partial charge in [0.25, 0.3) is 0 Å². The van der Waals surface area contributed by atoms with E-state index < -0.39 is 0 Å². The zero-order chi connectivity index (χ0) is 11.1. The molecule has 1 saturated carbocycles. The van der Waals surface area contributed by atoms with Gasteiger partial charge in [-0.25, -0.2) is 0 Å². The summed E-state index contributed by atoms with van der Waals surface area (Å²) >= 11 is 0. The molecule has 0 heterocycles. The topological polar surface area (TPSA) is 53.7 Å². The number of rotatable bonds is 8. The highest BCUT2D eigenvalue weighted by Crippen LogP contribution is 2.25. The maximum absolute atomic E-state index is 5.85. The monoisotopic (exact) mass is 217 g/mol. The first-order valence-electron chi connectivity index (χ1n) is 5.77. The largest absolute Gasteiger partial charge is 0.382 e. The number of hydrogen-bond acceptors (Lipinski definition) is 4. The molecule has 1 fully saturated rings. The molecule has 0 aromatic carbocycles. The summed E-state index contributed by atoms with van der Waals surface area (Å²) in [4.78, 5) is 0. The number of unbranched alkanes of at least 4 members (excludes halogenated alkanes) is 1. The van der Waals surface area contributed by atoms with Crippen LogP contribution in [0.5, 0.6) is 0 Å². The van der Waals surface area contributed by atoms with Crippen LogP contribution in [0.4, 0.5) is 0 Å². The molecule has 0 aromatic rings. The van der Waals surface area contributed by atoms with E-state index in [0.717, 1.165) is 25.9 Å². The Morgan fingerprint density at radius 2 is 2.00 bits per heavy atom. The first kappa shape index (κ1) is 12.9. The molecule has 2 N–H and O–H groups in total. The molecule has 1 rings (SSSR count). The van der Waals surface area contributed by atoms with Gasteiger partial charge >= 0.3 is 0 Å². The van der Waals surface area contributed by atoms with E-state index >= 15 is 0 Å². The Hall–Kier alpha value is -0.160. The minimum absolute atomic E-state index is 0.0667. The highest BCUT2D eigenvalue weighted by Gasteiger charge is 2.40. The van der Waals surface area contributed by atoms with Gasteiger partial charge < -0.3 is 19.9 Å². The van der Waals surface area contributed by atoms with E-state index in [1.165, 1.54) is 0 Å². The van der Waals surface area contributed by atoms with E-state index in [1.54, 1.807) is 7.11 Å². The van der Waals surface area contributed by atoms with Crippen LogP contribution in [0.3, 0.4) is 0 Å². The Bertz CT molecular complexity index is 166. The predicted molar refractivity (Wildman–Crippen MR) is 58.9 cm³/mol. The Morgan fingerprint density at radius 3 is 2.60 bits per heavy atom. The van der Waals surface area contributed by atoms with Gasteiger partial charge in [-0.15, -0.1) is 0 Å². The average molecular weight is 217 g/mol. The molecule has 4 heteroatoms. The Kier molecular flexibility index (Phi) is 6.17. The van der Waals surface area contributed by atoms with Gasteiger partial charge in [-0.1, -0.05) is 13.3 Å². The first-order valence-corrected chi connectivity index (χ1v) is 5.77. The van der Waals surface area contributed by atoms with Crippen molar-refractivity contribution in [3.63, 3.8) is 0 Å². The highest BCUT2D eigenvalue weighted by atomic mass is 16.6. The summed E-state index contributed by atoms with van der Waals surface area (Å²) in [5.74, 6) is 0. The molecule has 4 nitrogen and oxygen atoms in total. The summed E-state index contributed by atoms with van der Waals surface area (Å²) in [6, 6.07) is 0.133. The molecule has 1 aliphatic carbocycles. The summed E-state index contributed by atoms with van der Waals surface area (Å²) in [6.07, 6.45) is 3.45. The van der Waals surface area contributed by atoms with Crippen molar-refractivity contribution < 1.29 is 14.2 Å². The zero-order valence-electron chi connectivity index (χ0n) is 9.78. The van der Waals surface area contributed by atoms with Crippen molar-refractivity contribution >= 4 is 0 Å². The van der Waals surface area contributed by atoms with Gasteiger partial charge in [0.15, 0.2) is 0 Å². The second kappa shape index (κ2) is 7.17. The molecule has 90 valence electrons. The Labute approximate surface area is 92.1 Å². The standard InChI is InChI=1S/C11H23NO3/c1-3-4-5-14-10-8-9(12)11(10)15-7-6-13-2/h9-11H,3-8,12H2,1-2H3. The summed E-state index contributed by atoms with van der Waals surface area (Å²) in [5.41, 5.74) is 5.85. The average Bonchev–Trinajstić information content (AvgIpc) is 2.23. The summed E-state index contributed by atoms with van der Waals surface area (Å²) < 4.78 is 16.2.